The fourth-order valence-electron chi connectivity index (χ4n) is 2.78. The number of aliphatic hydroxyl groups is 1. The molecule has 1 aromatic rings. The standard InChI is InChI=1S/C19H29N3O2PS/c1-3-22(4-2)14-13-16-7-11-19(12-8-16)24-25(26)21-20-15-17-5-9-18(23)10-6-17/h5,7-8,11-12,15,18,23H,3-4,6,9-10,13-14H2,1-2H3,(H,21,26)/q+1/b20-15-. The average molecular weight is 395 g/mol. The van der Waals surface area contributed by atoms with Gasteiger partial charge in [0.15, 0.2) is 5.75 Å². The number of allylic oxidation sites excluding steroid dienone is 1. The van der Waals surface area contributed by atoms with E-state index in [4.69, 9.17) is 16.3 Å². The Balaban J connectivity index is 1.75. The minimum Gasteiger partial charge on any atom is -0.393 e. The molecule has 0 aromatic heterocycles. The topological polar surface area (TPSA) is 57.1 Å². The minimum atomic E-state index is -1.28. The van der Waals surface area contributed by atoms with Crippen molar-refractivity contribution in [3.05, 3.63) is 41.5 Å². The molecule has 0 fully saturated rings. The maximum Gasteiger partial charge on any atom is 0.537 e. The van der Waals surface area contributed by atoms with Gasteiger partial charge >= 0.3 is 7.07 Å². The molecule has 0 radical (unpaired) electrons. The fraction of sp³-hybridized carbons (Fsp3) is 0.526. The van der Waals surface area contributed by atoms with E-state index in [1.165, 1.54) is 5.56 Å². The van der Waals surface area contributed by atoms with Crippen LogP contribution in [0.15, 0.2) is 41.0 Å². The molecule has 1 aromatic carbocycles. The molecule has 0 saturated carbocycles. The van der Waals surface area contributed by atoms with E-state index in [2.05, 4.69) is 41.2 Å². The van der Waals surface area contributed by atoms with E-state index in [1.807, 2.05) is 18.2 Å². The SMILES string of the molecule is CCN(CC)CCc1ccc(O[P+](=S)N/N=C\C2=CCC(O)CC2)cc1. The number of hydrogen-bond acceptors (Lipinski definition) is 5. The Morgan fingerprint density at radius 2 is 2.08 bits per heavy atom. The number of rotatable bonds is 10. The largest absolute Gasteiger partial charge is 0.537 e. The molecule has 26 heavy (non-hydrogen) atoms. The van der Waals surface area contributed by atoms with E-state index in [9.17, 15) is 5.11 Å². The first-order chi connectivity index (χ1) is 12.6. The third-order valence-corrected chi connectivity index (χ3v) is 5.63. The van der Waals surface area contributed by atoms with Crippen LogP contribution in [-0.4, -0.2) is 42.0 Å². The monoisotopic (exact) mass is 394 g/mol. The Hall–Kier alpha value is -1.33. The third-order valence-electron chi connectivity index (χ3n) is 4.51. The van der Waals surface area contributed by atoms with Gasteiger partial charge in [0, 0.05) is 6.54 Å². The fourth-order valence-corrected chi connectivity index (χ4v) is 3.68. The van der Waals surface area contributed by atoms with E-state index in [-0.39, 0.29) is 6.10 Å². The first-order valence-corrected chi connectivity index (χ1v) is 11.5. The molecule has 0 aliphatic heterocycles. The van der Waals surface area contributed by atoms with Gasteiger partial charge in [0.2, 0.25) is 11.8 Å². The molecule has 2 N–H and O–H groups in total. The van der Waals surface area contributed by atoms with Crippen molar-refractivity contribution >= 4 is 25.1 Å². The normalized spacial score (nSPS) is 18.1. The second-order valence-electron chi connectivity index (χ2n) is 6.33. The van der Waals surface area contributed by atoms with Gasteiger partial charge in [-0.15, -0.1) is 5.10 Å². The molecule has 0 spiro atoms. The lowest BCUT2D eigenvalue weighted by Gasteiger charge is -2.17. The molecular weight excluding hydrogens is 365 g/mol. The third kappa shape index (κ3) is 7.50. The second kappa shape index (κ2) is 11.4. The van der Waals surface area contributed by atoms with Gasteiger partial charge in [0.05, 0.1) is 12.3 Å². The van der Waals surface area contributed by atoms with E-state index in [0.717, 1.165) is 50.2 Å². The highest BCUT2D eigenvalue weighted by molar-refractivity contribution is 8.02. The van der Waals surface area contributed by atoms with Gasteiger partial charge < -0.3 is 10.0 Å². The van der Waals surface area contributed by atoms with Gasteiger partial charge in [-0.25, -0.2) is 0 Å². The summed E-state index contributed by atoms with van der Waals surface area (Å²) in [7, 11) is -1.28. The Labute approximate surface area is 162 Å². The van der Waals surface area contributed by atoms with Gasteiger partial charge in [-0.3, -0.25) is 4.52 Å². The number of likely N-dealkylation sites (N-methyl/N-ethyl adjacent to an activating group) is 1. The molecular formula is C19H29N3O2PS+. The summed E-state index contributed by atoms with van der Waals surface area (Å²) < 4.78 is 5.73. The summed E-state index contributed by atoms with van der Waals surface area (Å²) in [5.74, 6) is 0.764. The predicted octanol–water partition coefficient (Wildman–Crippen LogP) is 3.77. The molecule has 0 saturated heterocycles. The quantitative estimate of drug-likeness (QED) is 0.359. The smallest absolute Gasteiger partial charge is 0.393 e. The van der Waals surface area contributed by atoms with Gasteiger partial charge in [0.25, 0.3) is 0 Å². The minimum absolute atomic E-state index is 0.213. The van der Waals surface area contributed by atoms with Gasteiger partial charge in [-0.2, -0.15) is 0 Å². The molecule has 1 aliphatic carbocycles. The Morgan fingerprint density at radius 3 is 2.69 bits per heavy atom. The van der Waals surface area contributed by atoms with Gasteiger partial charge in [0.1, 0.15) is 0 Å². The Bertz CT molecular complexity index is 630. The summed E-state index contributed by atoms with van der Waals surface area (Å²) in [6.45, 7) is 7.62. The lowest BCUT2D eigenvalue weighted by atomic mass is 9.98. The van der Waals surface area contributed by atoms with Crippen molar-refractivity contribution in [1.82, 2.24) is 10.1 Å². The summed E-state index contributed by atoms with van der Waals surface area (Å²) in [6.07, 6.45) is 6.94. The highest BCUT2D eigenvalue weighted by Crippen LogP contribution is 2.24. The van der Waals surface area contributed by atoms with Crippen molar-refractivity contribution in [1.29, 1.82) is 0 Å². The molecule has 0 heterocycles. The van der Waals surface area contributed by atoms with Crippen LogP contribution in [-0.2, 0) is 18.2 Å². The molecule has 142 valence electrons. The first kappa shape index (κ1) is 21.0. The molecule has 2 unspecified atom stereocenters. The lowest BCUT2D eigenvalue weighted by molar-refractivity contribution is 0.163. The molecule has 2 rings (SSSR count). The highest BCUT2D eigenvalue weighted by Gasteiger charge is 2.13. The van der Waals surface area contributed by atoms with Crippen LogP contribution in [0.1, 0.15) is 38.7 Å². The van der Waals surface area contributed by atoms with Crippen LogP contribution in [0.2, 0.25) is 0 Å². The molecule has 2 atom stereocenters. The molecule has 0 amide bonds. The van der Waals surface area contributed by atoms with Crippen LogP contribution in [0, 0.1) is 0 Å². The zero-order valence-electron chi connectivity index (χ0n) is 15.6. The van der Waals surface area contributed by atoms with E-state index in [0.29, 0.717) is 6.42 Å². The lowest BCUT2D eigenvalue weighted by Crippen LogP contribution is -2.25. The van der Waals surface area contributed by atoms with Gasteiger partial charge in [-0.05, 0) is 62.0 Å². The van der Waals surface area contributed by atoms with Crippen LogP contribution in [0.3, 0.4) is 0 Å². The number of nitrogens with one attached hydrogen (secondary N) is 1. The summed E-state index contributed by atoms with van der Waals surface area (Å²) in [5, 5.41) is 16.5. The van der Waals surface area contributed by atoms with Crippen molar-refractivity contribution in [2.75, 3.05) is 19.6 Å². The van der Waals surface area contributed by atoms with Crippen LogP contribution in [0.4, 0.5) is 0 Å². The number of nitrogens with zero attached hydrogens (tertiary/aromatic N) is 2. The van der Waals surface area contributed by atoms with E-state index in [1.54, 1.807) is 6.21 Å². The summed E-state index contributed by atoms with van der Waals surface area (Å²) >= 11 is 5.31. The van der Waals surface area contributed by atoms with Crippen LogP contribution >= 0.6 is 7.07 Å². The molecule has 7 heteroatoms. The zero-order chi connectivity index (χ0) is 18.8. The van der Waals surface area contributed by atoms with Crippen molar-refractivity contribution in [3.8, 4) is 5.75 Å². The molecule has 1 aliphatic rings. The number of hydrogen-bond donors (Lipinski definition) is 2. The van der Waals surface area contributed by atoms with Gasteiger partial charge in [-0.1, -0.05) is 37.3 Å². The summed E-state index contributed by atoms with van der Waals surface area (Å²) in [5.41, 5.74) is 2.43. The Kier molecular flexibility index (Phi) is 9.19. The van der Waals surface area contributed by atoms with Crippen molar-refractivity contribution in [2.24, 2.45) is 5.10 Å². The van der Waals surface area contributed by atoms with Crippen LogP contribution in [0.5, 0.6) is 5.75 Å². The van der Waals surface area contributed by atoms with Crippen molar-refractivity contribution in [3.63, 3.8) is 0 Å². The van der Waals surface area contributed by atoms with Crippen molar-refractivity contribution < 1.29 is 9.63 Å². The maximum atomic E-state index is 9.47. The maximum absolute atomic E-state index is 9.47. The van der Waals surface area contributed by atoms with Crippen LogP contribution in [0.25, 0.3) is 0 Å². The number of benzene rings is 1. The highest BCUT2D eigenvalue weighted by atomic mass is 32.4. The first-order valence-electron chi connectivity index (χ1n) is 9.23. The van der Waals surface area contributed by atoms with Crippen molar-refractivity contribution in [2.45, 2.75) is 45.6 Å². The molecule has 5 nitrogen and oxygen atoms in total. The predicted molar refractivity (Wildman–Crippen MR) is 112 cm³/mol. The van der Waals surface area contributed by atoms with E-state index < -0.39 is 7.07 Å². The molecule has 0 bridgehead atoms. The number of hydrazone groups is 1. The van der Waals surface area contributed by atoms with Crippen LogP contribution < -0.4 is 9.72 Å². The average Bonchev–Trinajstić information content (AvgIpc) is 2.65. The second-order valence-corrected chi connectivity index (χ2v) is 8.23. The summed E-state index contributed by atoms with van der Waals surface area (Å²) in [6, 6.07) is 8.13. The summed E-state index contributed by atoms with van der Waals surface area (Å²) in [4.78, 5) is 2.41. The van der Waals surface area contributed by atoms with E-state index >= 15 is 0 Å². The zero-order valence-corrected chi connectivity index (χ0v) is 17.3. The number of aliphatic hydroxyl groups excluding tert-OH is 1. The Morgan fingerprint density at radius 1 is 1.35 bits per heavy atom.